The molecule has 1 N–H and O–H groups in total. The van der Waals surface area contributed by atoms with E-state index in [2.05, 4.69) is 12.2 Å². The van der Waals surface area contributed by atoms with Crippen LogP contribution in [0.5, 0.6) is 0 Å². The average molecular weight is 309 g/mol. The first-order valence-electron chi connectivity index (χ1n) is 7.94. The lowest BCUT2D eigenvalue weighted by Gasteiger charge is -2.25. The minimum Gasteiger partial charge on any atom is -0.338 e. The third-order valence-electron chi connectivity index (χ3n) is 4.04. The minimum atomic E-state index is 0.152. The summed E-state index contributed by atoms with van der Waals surface area (Å²) in [6.45, 7) is 5.51. The molecule has 1 saturated heterocycles. The molecule has 1 amide bonds. The Balaban J connectivity index is 1.99. The first kappa shape index (κ1) is 16.3. The molecule has 0 radical (unpaired) electrons. The lowest BCUT2D eigenvalue weighted by Crippen LogP contribution is -2.37. The van der Waals surface area contributed by atoms with Gasteiger partial charge in [0.15, 0.2) is 0 Å². The fraction of sp³-hybridized carbons (Fsp3) is 0.588. The number of hydrogen-bond donors (Lipinski definition) is 1. The van der Waals surface area contributed by atoms with Gasteiger partial charge in [0.25, 0.3) is 0 Å². The second-order valence-electron chi connectivity index (χ2n) is 5.78. The fourth-order valence-corrected chi connectivity index (χ4v) is 2.88. The van der Waals surface area contributed by atoms with Crippen molar-refractivity contribution in [3.8, 4) is 0 Å². The van der Waals surface area contributed by atoms with Crippen molar-refractivity contribution in [1.82, 2.24) is 10.2 Å². The predicted molar refractivity (Wildman–Crippen MR) is 87.4 cm³/mol. The van der Waals surface area contributed by atoms with Crippen molar-refractivity contribution in [2.45, 2.75) is 39.2 Å². The molecular formula is C17H25ClN2O. The number of carbonyl (C=O) groups is 1. The Morgan fingerprint density at radius 3 is 2.71 bits per heavy atom. The maximum atomic E-state index is 12.7. The summed E-state index contributed by atoms with van der Waals surface area (Å²) in [4.78, 5) is 14.7. The van der Waals surface area contributed by atoms with Crippen LogP contribution in [0.1, 0.15) is 38.2 Å². The highest BCUT2D eigenvalue weighted by Gasteiger charge is 2.26. The quantitative estimate of drug-likeness (QED) is 0.782. The Morgan fingerprint density at radius 1 is 1.33 bits per heavy atom. The van der Waals surface area contributed by atoms with Gasteiger partial charge in [0.05, 0.1) is 5.92 Å². The molecule has 116 valence electrons. The van der Waals surface area contributed by atoms with Gasteiger partial charge >= 0.3 is 0 Å². The van der Waals surface area contributed by atoms with Crippen molar-refractivity contribution < 1.29 is 4.79 Å². The molecule has 1 heterocycles. The Morgan fingerprint density at radius 2 is 2.10 bits per heavy atom. The maximum Gasteiger partial charge on any atom is 0.227 e. The summed E-state index contributed by atoms with van der Waals surface area (Å²) in [5, 5.41) is 4.02. The summed E-state index contributed by atoms with van der Waals surface area (Å²) in [6.07, 6.45) is 4.39. The van der Waals surface area contributed by atoms with Gasteiger partial charge in [0, 0.05) is 24.7 Å². The largest absolute Gasteiger partial charge is 0.338 e. The van der Waals surface area contributed by atoms with Gasteiger partial charge in [-0.15, -0.1) is 0 Å². The molecule has 4 heteroatoms. The highest BCUT2D eigenvalue weighted by atomic mass is 35.5. The van der Waals surface area contributed by atoms with E-state index in [0.717, 1.165) is 43.1 Å². The molecule has 0 aromatic heterocycles. The lowest BCUT2D eigenvalue weighted by atomic mass is 10.1. The van der Waals surface area contributed by atoms with Crippen LogP contribution in [0.4, 0.5) is 0 Å². The minimum absolute atomic E-state index is 0.152. The molecule has 1 aliphatic rings. The highest BCUT2D eigenvalue weighted by molar-refractivity contribution is 6.30. The Kier molecular flexibility index (Phi) is 6.52. The van der Waals surface area contributed by atoms with Crippen LogP contribution >= 0.6 is 11.6 Å². The van der Waals surface area contributed by atoms with Gasteiger partial charge in [0.2, 0.25) is 5.91 Å². The molecule has 1 fully saturated rings. The summed E-state index contributed by atoms with van der Waals surface area (Å²) < 4.78 is 0. The highest BCUT2D eigenvalue weighted by Crippen LogP contribution is 2.17. The summed E-state index contributed by atoms with van der Waals surface area (Å²) in [5.41, 5.74) is 1.15. The smallest absolute Gasteiger partial charge is 0.227 e. The number of rotatable bonds is 7. The number of halogens is 1. The average Bonchev–Trinajstić information content (AvgIpc) is 3.02. The zero-order valence-corrected chi connectivity index (χ0v) is 13.5. The van der Waals surface area contributed by atoms with Gasteiger partial charge in [-0.25, -0.2) is 0 Å². The van der Waals surface area contributed by atoms with Crippen LogP contribution in [0.3, 0.4) is 0 Å². The third-order valence-corrected chi connectivity index (χ3v) is 4.29. The van der Waals surface area contributed by atoms with E-state index in [0.29, 0.717) is 12.5 Å². The topological polar surface area (TPSA) is 32.3 Å². The monoisotopic (exact) mass is 308 g/mol. The van der Waals surface area contributed by atoms with Crippen molar-refractivity contribution >= 4 is 17.5 Å². The van der Waals surface area contributed by atoms with Crippen LogP contribution in [0.15, 0.2) is 24.3 Å². The molecule has 3 nitrogen and oxygen atoms in total. The van der Waals surface area contributed by atoms with Gasteiger partial charge in [-0.3, -0.25) is 4.79 Å². The first-order chi connectivity index (χ1) is 10.2. The summed E-state index contributed by atoms with van der Waals surface area (Å²) in [6, 6.07) is 7.80. The van der Waals surface area contributed by atoms with E-state index in [4.69, 9.17) is 11.6 Å². The predicted octanol–water partition coefficient (Wildman–Crippen LogP) is 3.47. The van der Waals surface area contributed by atoms with E-state index in [1.807, 2.05) is 29.2 Å². The Hall–Kier alpha value is -1.06. The Labute approximate surface area is 132 Å². The van der Waals surface area contributed by atoms with Gasteiger partial charge in [-0.05, 0) is 37.1 Å². The van der Waals surface area contributed by atoms with Crippen molar-refractivity contribution in [2.75, 3.05) is 19.6 Å². The molecule has 0 bridgehead atoms. The molecule has 1 atom stereocenters. The van der Waals surface area contributed by atoms with Gasteiger partial charge in [-0.1, -0.05) is 43.5 Å². The molecule has 2 rings (SSSR count). The Bertz CT molecular complexity index is 441. The summed E-state index contributed by atoms with van der Waals surface area (Å²) >= 11 is 5.93. The van der Waals surface area contributed by atoms with Crippen molar-refractivity contribution in [1.29, 1.82) is 0 Å². The molecule has 0 spiro atoms. The molecular weight excluding hydrogens is 284 g/mol. The lowest BCUT2D eigenvalue weighted by molar-refractivity contribution is -0.135. The van der Waals surface area contributed by atoms with Crippen LogP contribution in [0.25, 0.3) is 0 Å². The number of carbonyl (C=O) groups excluding carboxylic acids is 1. The number of unbranched alkanes of at least 4 members (excludes halogenated alkanes) is 2. The molecule has 1 aromatic carbocycles. The number of nitrogens with zero attached hydrogens (tertiary/aromatic N) is 1. The van der Waals surface area contributed by atoms with Crippen LogP contribution in [0.2, 0.25) is 5.02 Å². The molecule has 1 aromatic rings. The number of amides is 1. The van der Waals surface area contributed by atoms with Gasteiger partial charge in [0.1, 0.15) is 0 Å². The van der Waals surface area contributed by atoms with Crippen molar-refractivity contribution in [3.63, 3.8) is 0 Å². The summed E-state index contributed by atoms with van der Waals surface area (Å²) in [7, 11) is 0. The second-order valence-corrected chi connectivity index (χ2v) is 6.22. The number of benzene rings is 1. The van der Waals surface area contributed by atoms with Crippen LogP contribution < -0.4 is 5.32 Å². The van der Waals surface area contributed by atoms with E-state index in [-0.39, 0.29) is 5.92 Å². The van der Waals surface area contributed by atoms with E-state index in [9.17, 15) is 4.79 Å². The summed E-state index contributed by atoms with van der Waals surface area (Å²) in [5.74, 6) is 0.449. The first-order valence-corrected chi connectivity index (χ1v) is 8.32. The van der Waals surface area contributed by atoms with E-state index in [1.54, 1.807) is 0 Å². The third kappa shape index (κ3) is 5.01. The van der Waals surface area contributed by atoms with Gasteiger partial charge < -0.3 is 10.2 Å². The van der Waals surface area contributed by atoms with Crippen LogP contribution in [-0.4, -0.2) is 30.4 Å². The molecule has 0 saturated carbocycles. The number of hydrogen-bond acceptors (Lipinski definition) is 2. The molecule has 1 aliphatic heterocycles. The SMILES string of the molecule is CCCCCN(Cc1ccc(Cl)cc1)C(=O)C1CCNC1. The van der Waals surface area contributed by atoms with Crippen molar-refractivity contribution in [3.05, 3.63) is 34.9 Å². The van der Waals surface area contributed by atoms with Gasteiger partial charge in [-0.2, -0.15) is 0 Å². The standard InChI is InChI=1S/C17H25ClN2O/c1-2-3-4-11-20(17(21)15-9-10-19-12-15)13-14-5-7-16(18)8-6-14/h5-8,15,19H,2-4,9-13H2,1H3. The van der Waals surface area contributed by atoms with E-state index in [1.165, 1.54) is 12.8 Å². The fourth-order valence-electron chi connectivity index (χ4n) is 2.75. The normalized spacial score (nSPS) is 17.9. The molecule has 21 heavy (non-hydrogen) atoms. The second kappa shape index (κ2) is 8.40. The molecule has 0 aliphatic carbocycles. The maximum absolute atomic E-state index is 12.7. The zero-order valence-electron chi connectivity index (χ0n) is 12.8. The zero-order chi connectivity index (χ0) is 15.1. The molecule has 1 unspecified atom stereocenters. The van der Waals surface area contributed by atoms with Crippen LogP contribution in [0, 0.1) is 5.92 Å². The number of nitrogens with one attached hydrogen (secondary N) is 1. The van der Waals surface area contributed by atoms with Crippen molar-refractivity contribution in [2.24, 2.45) is 5.92 Å². The van der Waals surface area contributed by atoms with E-state index < -0.39 is 0 Å². The van der Waals surface area contributed by atoms with E-state index >= 15 is 0 Å². The van der Waals surface area contributed by atoms with Crippen LogP contribution in [-0.2, 0) is 11.3 Å².